The van der Waals surface area contributed by atoms with Crippen molar-refractivity contribution in [3.63, 3.8) is 0 Å². The van der Waals surface area contributed by atoms with Crippen LogP contribution in [0.2, 0.25) is 0 Å². The zero-order valence-electron chi connectivity index (χ0n) is 11.2. The van der Waals surface area contributed by atoms with Gasteiger partial charge in [-0.05, 0) is 13.0 Å². The first-order valence-electron chi connectivity index (χ1n) is 5.80. The van der Waals surface area contributed by atoms with Crippen molar-refractivity contribution in [3.8, 4) is 11.6 Å². The molecule has 0 amide bonds. The molecule has 2 heterocycles. The average molecular weight is 342 g/mol. The third-order valence-electron chi connectivity index (χ3n) is 2.84. The highest BCUT2D eigenvalue weighted by Crippen LogP contribution is 2.39. The Kier molecular flexibility index (Phi) is 3.75. The zero-order chi connectivity index (χ0) is 17.6. The molecule has 0 aliphatic carbocycles. The van der Waals surface area contributed by atoms with E-state index in [4.69, 9.17) is 5.73 Å². The number of aromatic nitrogens is 3. The number of halogens is 6. The van der Waals surface area contributed by atoms with Crippen LogP contribution in [0.4, 0.5) is 32.0 Å². The molecule has 2 rings (SSSR count). The Morgan fingerprint density at radius 3 is 2.22 bits per heavy atom. The van der Waals surface area contributed by atoms with Gasteiger partial charge in [-0.1, -0.05) is 0 Å². The van der Waals surface area contributed by atoms with Gasteiger partial charge in [0.2, 0.25) is 5.60 Å². The van der Waals surface area contributed by atoms with Crippen LogP contribution in [0, 0.1) is 0 Å². The van der Waals surface area contributed by atoms with E-state index in [1.54, 1.807) is 0 Å². The SMILES string of the molecule is C[C@](O)(c1nnc(-c2ncc(C(F)(F)F)cc2N)o1)C(F)(F)F. The molecular weight excluding hydrogens is 334 g/mol. The van der Waals surface area contributed by atoms with E-state index in [-0.39, 0.29) is 0 Å². The lowest BCUT2D eigenvalue weighted by molar-refractivity contribution is -0.266. The van der Waals surface area contributed by atoms with Gasteiger partial charge in [0.1, 0.15) is 5.69 Å². The van der Waals surface area contributed by atoms with Gasteiger partial charge in [0.05, 0.1) is 11.3 Å². The van der Waals surface area contributed by atoms with Crippen molar-refractivity contribution in [2.45, 2.75) is 24.9 Å². The molecule has 0 unspecified atom stereocenters. The summed E-state index contributed by atoms with van der Waals surface area (Å²) >= 11 is 0. The molecule has 23 heavy (non-hydrogen) atoms. The molecule has 2 aromatic rings. The maximum Gasteiger partial charge on any atom is 0.426 e. The van der Waals surface area contributed by atoms with E-state index >= 15 is 0 Å². The van der Waals surface area contributed by atoms with Crippen molar-refractivity contribution < 1.29 is 35.9 Å². The molecule has 0 saturated carbocycles. The molecule has 0 aliphatic heterocycles. The summed E-state index contributed by atoms with van der Waals surface area (Å²) in [5.41, 5.74) is -0.166. The molecule has 1 atom stereocenters. The lowest BCUT2D eigenvalue weighted by Gasteiger charge is -2.21. The van der Waals surface area contributed by atoms with Crippen LogP contribution in [-0.2, 0) is 11.8 Å². The third kappa shape index (κ3) is 3.06. The number of rotatable bonds is 2. The summed E-state index contributed by atoms with van der Waals surface area (Å²) in [6, 6.07) is 0.522. The van der Waals surface area contributed by atoms with Crippen molar-refractivity contribution in [2.75, 3.05) is 5.73 Å². The topological polar surface area (TPSA) is 98.1 Å². The van der Waals surface area contributed by atoms with Crippen LogP contribution in [0.15, 0.2) is 16.7 Å². The second-order valence-corrected chi connectivity index (χ2v) is 4.64. The van der Waals surface area contributed by atoms with Crippen molar-refractivity contribution in [1.82, 2.24) is 15.2 Å². The summed E-state index contributed by atoms with van der Waals surface area (Å²) in [5, 5.41) is 15.6. The van der Waals surface area contributed by atoms with Gasteiger partial charge in [-0.25, -0.2) is 4.98 Å². The molecule has 2 aromatic heterocycles. The minimum absolute atomic E-state index is 0.383. The molecule has 0 aromatic carbocycles. The molecule has 3 N–H and O–H groups in total. The molecule has 6 nitrogen and oxygen atoms in total. The molecule has 0 bridgehead atoms. The highest BCUT2D eigenvalue weighted by Gasteiger charge is 2.55. The van der Waals surface area contributed by atoms with Gasteiger partial charge >= 0.3 is 12.4 Å². The fourth-order valence-corrected chi connectivity index (χ4v) is 1.45. The maximum atomic E-state index is 12.7. The van der Waals surface area contributed by atoms with Crippen molar-refractivity contribution in [1.29, 1.82) is 0 Å². The first-order chi connectivity index (χ1) is 10.3. The van der Waals surface area contributed by atoms with Crippen molar-refractivity contribution in [2.24, 2.45) is 0 Å². The second kappa shape index (κ2) is 5.08. The zero-order valence-corrected chi connectivity index (χ0v) is 11.2. The Labute approximate surface area is 123 Å². The Morgan fingerprint density at radius 1 is 1.13 bits per heavy atom. The monoisotopic (exact) mass is 342 g/mol. The van der Waals surface area contributed by atoms with Crippen LogP contribution >= 0.6 is 0 Å². The molecule has 0 fully saturated rings. The van der Waals surface area contributed by atoms with Crippen LogP contribution in [0.1, 0.15) is 18.4 Å². The van der Waals surface area contributed by atoms with E-state index in [0.29, 0.717) is 19.2 Å². The van der Waals surface area contributed by atoms with Gasteiger partial charge in [0, 0.05) is 6.20 Å². The van der Waals surface area contributed by atoms with E-state index in [0.717, 1.165) is 0 Å². The van der Waals surface area contributed by atoms with E-state index < -0.39 is 46.7 Å². The number of hydrogen-bond acceptors (Lipinski definition) is 6. The lowest BCUT2D eigenvalue weighted by Crippen LogP contribution is -2.39. The van der Waals surface area contributed by atoms with Crippen molar-refractivity contribution in [3.05, 3.63) is 23.7 Å². The minimum atomic E-state index is -5.10. The summed E-state index contributed by atoms with van der Waals surface area (Å²) in [6.45, 7) is 0.383. The summed E-state index contributed by atoms with van der Waals surface area (Å²) in [4.78, 5) is 3.37. The number of alkyl halides is 6. The highest BCUT2D eigenvalue weighted by atomic mass is 19.4. The molecule has 12 heteroatoms. The smallest absolute Gasteiger partial charge is 0.416 e. The van der Waals surface area contributed by atoms with Gasteiger partial charge in [0.25, 0.3) is 11.8 Å². The normalized spacial score (nSPS) is 15.5. The molecule has 0 saturated heterocycles. The molecule has 0 spiro atoms. The summed E-state index contributed by atoms with van der Waals surface area (Å²) in [5.74, 6) is -1.85. The van der Waals surface area contributed by atoms with E-state index in [1.165, 1.54) is 0 Å². The number of aliphatic hydroxyl groups is 1. The van der Waals surface area contributed by atoms with Crippen LogP contribution in [0.3, 0.4) is 0 Å². The Hall–Kier alpha value is -2.37. The number of anilines is 1. The van der Waals surface area contributed by atoms with E-state index in [9.17, 15) is 31.4 Å². The number of nitrogens with zero attached hydrogens (tertiary/aromatic N) is 3. The molecule has 0 radical (unpaired) electrons. The first-order valence-corrected chi connectivity index (χ1v) is 5.80. The fourth-order valence-electron chi connectivity index (χ4n) is 1.45. The Balaban J connectivity index is 2.42. The Bertz CT molecular complexity index is 722. The molecular formula is C11H8F6N4O2. The highest BCUT2D eigenvalue weighted by molar-refractivity contribution is 5.66. The molecule has 0 aliphatic rings. The number of pyridine rings is 1. The number of nitrogens with two attached hydrogens (primary N) is 1. The standard InChI is InChI=1S/C11H8F6N4O2/c1-9(22,11(15,16)17)8-21-20-7(23-8)6-5(18)2-4(3-19-6)10(12,13)14/h2-3,22H,18H2,1H3/t9-/m0/s1. The average Bonchev–Trinajstić information content (AvgIpc) is 2.86. The summed E-state index contributed by atoms with van der Waals surface area (Å²) < 4.78 is 80.1. The molecule has 126 valence electrons. The quantitative estimate of drug-likeness (QED) is 0.814. The van der Waals surface area contributed by atoms with E-state index in [2.05, 4.69) is 19.6 Å². The summed E-state index contributed by atoms with van der Waals surface area (Å²) in [6.07, 6.45) is -9.38. The fraction of sp³-hybridized carbons (Fsp3) is 0.364. The predicted molar refractivity (Wildman–Crippen MR) is 62.6 cm³/mol. The Morgan fingerprint density at radius 2 is 1.74 bits per heavy atom. The van der Waals surface area contributed by atoms with Gasteiger partial charge in [-0.15, -0.1) is 10.2 Å². The minimum Gasteiger partial charge on any atom is -0.416 e. The van der Waals surface area contributed by atoms with Gasteiger partial charge in [-0.2, -0.15) is 26.3 Å². The van der Waals surface area contributed by atoms with Crippen LogP contribution < -0.4 is 5.73 Å². The van der Waals surface area contributed by atoms with Crippen LogP contribution in [0.25, 0.3) is 11.6 Å². The van der Waals surface area contributed by atoms with E-state index in [1.807, 2.05) is 0 Å². The maximum absolute atomic E-state index is 12.7. The van der Waals surface area contributed by atoms with Crippen LogP contribution in [-0.4, -0.2) is 26.5 Å². The summed E-state index contributed by atoms with van der Waals surface area (Å²) in [7, 11) is 0. The first kappa shape index (κ1) is 17.0. The number of hydrogen-bond donors (Lipinski definition) is 2. The second-order valence-electron chi connectivity index (χ2n) is 4.64. The number of nitrogen functional groups attached to an aromatic ring is 1. The lowest BCUT2D eigenvalue weighted by atomic mass is 10.1. The third-order valence-corrected chi connectivity index (χ3v) is 2.84. The van der Waals surface area contributed by atoms with Gasteiger partial charge in [0.15, 0.2) is 0 Å². The van der Waals surface area contributed by atoms with Gasteiger partial charge in [-0.3, -0.25) is 0 Å². The van der Waals surface area contributed by atoms with Crippen LogP contribution in [0.5, 0.6) is 0 Å². The largest absolute Gasteiger partial charge is 0.426 e. The van der Waals surface area contributed by atoms with Crippen molar-refractivity contribution >= 4 is 5.69 Å². The predicted octanol–water partition coefficient (Wildman–Crippen LogP) is 2.50. The van der Waals surface area contributed by atoms with Gasteiger partial charge < -0.3 is 15.3 Å².